The van der Waals surface area contributed by atoms with Crippen molar-refractivity contribution in [3.05, 3.63) is 35.9 Å². The van der Waals surface area contributed by atoms with Crippen molar-refractivity contribution in [2.75, 3.05) is 56.2 Å². The van der Waals surface area contributed by atoms with Gasteiger partial charge in [0.15, 0.2) is 0 Å². The molecule has 0 unspecified atom stereocenters. The number of morpholine rings is 1. The second kappa shape index (κ2) is 8.76. The lowest BCUT2D eigenvalue weighted by Crippen LogP contribution is -2.39. The lowest BCUT2D eigenvalue weighted by molar-refractivity contribution is 0.123. The zero-order chi connectivity index (χ0) is 16.7. The van der Waals surface area contributed by atoms with Gasteiger partial charge in [0.25, 0.3) is 0 Å². The molecule has 126 valence electrons. The van der Waals surface area contributed by atoms with Gasteiger partial charge >= 0.3 is 6.03 Å². The molecule has 0 spiro atoms. The molecule has 1 heterocycles. The number of carbonyl (C=O) groups excluding carboxylic acids is 1. The Morgan fingerprint density at radius 1 is 1.48 bits per heavy atom. The normalized spacial score (nSPS) is 14.4. The van der Waals surface area contributed by atoms with Crippen molar-refractivity contribution in [3.63, 3.8) is 0 Å². The molecule has 1 aromatic carbocycles. The fraction of sp³-hybridized carbons (Fsp3) is 0.438. The van der Waals surface area contributed by atoms with Crippen molar-refractivity contribution in [2.24, 2.45) is 0 Å². The van der Waals surface area contributed by atoms with E-state index in [1.807, 2.05) is 6.07 Å². The number of benzene rings is 1. The summed E-state index contributed by atoms with van der Waals surface area (Å²) < 4.78 is 5.37. The summed E-state index contributed by atoms with van der Waals surface area (Å²) >= 11 is 6.08. The average Bonchev–Trinajstić information content (AvgIpc) is 2.55. The van der Waals surface area contributed by atoms with Crippen molar-refractivity contribution < 1.29 is 14.6 Å². The fourth-order valence-corrected chi connectivity index (χ4v) is 2.61. The molecule has 0 radical (unpaired) electrons. The Labute approximate surface area is 141 Å². The van der Waals surface area contributed by atoms with Crippen LogP contribution in [0.25, 0.3) is 0 Å². The van der Waals surface area contributed by atoms with Crippen LogP contribution >= 0.6 is 11.6 Å². The van der Waals surface area contributed by atoms with Gasteiger partial charge in [-0.05, 0) is 18.2 Å². The molecule has 1 aromatic rings. The van der Waals surface area contributed by atoms with Gasteiger partial charge < -0.3 is 25.0 Å². The summed E-state index contributed by atoms with van der Waals surface area (Å²) in [6.07, 6.45) is 1.62. The summed E-state index contributed by atoms with van der Waals surface area (Å²) in [5.41, 5.74) is 1.56. The summed E-state index contributed by atoms with van der Waals surface area (Å²) in [4.78, 5) is 16.0. The molecule has 0 aromatic heterocycles. The first-order valence-corrected chi connectivity index (χ1v) is 7.93. The van der Waals surface area contributed by atoms with Gasteiger partial charge in [0.2, 0.25) is 0 Å². The smallest absolute Gasteiger partial charge is 0.322 e. The Morgan fingerprint density at radius 2 is 2.22 bits per heavy atom. The molecule has 2 N–H and O–H groups in total. The number of halogens is 1. The van der Waals surface area contributed by atoms with E-state index in [-0.39, 0.29) is 19.2 Å². The summed E-state index contributed by atoms with van der Waals surface area (Å²) in [5, 5.41) is 12.5. The van der Waals surface area contributed by atoms with E-state index in [1.54, 1.807) is 18.2 Å². The maximum absolute atomic E-state index is 12.4. The Kier molecular flexibility index (Phi) is 6.70. The highest BCUT2D eigenvalue weighted by Gasteiger charge is 2.18. The van der Waals surface area contributed by atoms with E-state index < -0.39 is 0 Å². The van der Waals surface area contributed by atoms with Crippen LogP contribution in [-0.4, -0.2) is 62.0 Å². The maximum Gasteiger partial charge on any atom is 0.322 e. The number of carbonyl (C=O) groups is 1. The van der Waals surface area contributed by atoms with Gasteiger partial charge in [-0.15, -0.1) is 6.58 Å². The van der Waals surface area contributed by atoms with E-state index in [0.717, 1.165) is 18.8 Å². The minimum atomic E-state index is -0.296. The molecular formula is C16H22ClN3O3. The monoisotopic (exact) mass is 339 g/mol. The number of aliphatic hydroxyl groups excluding tert-OH is 1. The van der Waals surface area contributed by atoms with Crippen LogP contribution in [-0.2, 0) is 4.74 Å². The first-order valence-electron chi connectivity index (χ1n) is 7.55. The number of nitrogens with one attached hydrogen (secondary N) is 1. The molecule has 1 saturated heterocycles. The van der Waals surface area contributed by atoms with Crippen LogP contribution in [0.5, 0.6) is 0 Å². The molecule has 6 nitrogen and oxygen atoms in total. The van der Waals surface area contributed by atoms with Gasteiger partial charge in [-0.3, -0.25) is 0 Å². The van der Waals surface area contributed by atoms with Crippen LogP contribution < -0.4 is 10.2 Å². The van der Waals surface area contributed by atoms with E-state index in [0.29, 0.717) is 30.5 Å². The second-order valence-corrected chi connectivity index (χ2v) is 5.59. The summed E-state index contributed by atoms with van der Waals surface area (Å²) in [5.74, 6) is 0. The minimum absolute atomic E-state index is 0.104. The molecule has 7 heteroatoms. The third-order valence-corrected chi connectivity index (χ3v) is 3.79. The molecule has 2 amide bonds. The standard InChI is InChI=1S/C16H22ClN3O3/c1-2-5-20(6-9-21)16(22)18-14-12-13(17)3-4-15(14)19-7-10-23-11-8-19/h2-4,12,21H,1,5-11H2,(H,18,22). The Morgan fingerprint density at radius 3 is 2.87 bits per heavy atom. The molecule has 1 aliphatic rings. The van der Waals surface area contributed by atoms with E-state index >= 15 is 0 Å². The topological polar surface area (TPSA) is 65.0 Å². The van der Waals surface area contributed by atoms with Gasteiger partial charge in [-0.1, -0.05) is 17.7 Å². The van der Waals surface area contributed by atoms with Crippen molar-refractivity contribution >= 4 is 29.0 Å². The predicted molar refractivity (Wildman–Crippen MR) is 92.4 cm³/mol. The number of nitrogens with zero attached hydrogens (tertiary/aromatic N) is 2. The van der Waals surface area contributed by atoms with Crippen molar-refractivity contribution in [1.29, 1.82) is 0 Å². The van der Waals surface area contributed by atoms with Crippen LogP contribution in [0.4, 0.5) is 16.2 Å². The van der Waals surface area contributed by atoms with E-state index in [1.165, 1.54) is 4.90 Å². The van der Waals surface area contributed by atoms with E-state index in [2.05, 4.69) is 16.8 Å². The number of hydrogen-bond donors (Lipinski definition) is 2. The number of amides is 2. The summed E-state index contributed by atoms with van der Waals surface area (Å²) in [7, 11) is 0. The van der Waals surface area contributed by atoms with Crippen molar-refractivity contribution in [3.8, 4) is 0 Å². The van der Waals surface area contributed by atoms with E-state index in [9.17, 15) is 4.79 Å². The highest BCUT2D eigenvalue weighted by Crippen LogP contribution is 2.30. The number of urea groups is 1. The summed E-state index contributed by atoms with van der Waals surface area (Å²) in [6, 6.07) is 5.13. The fourth-order valence-electron chi connectivity index (χ4n) is 2.43. The molecule has 1 fully saturated rings. The quantitative estimate of drug-likeness (QED) is 0.780. The number of rotatable bonds is 6. The molecule has 0 atom stereocenters. The van der Waals surface area contributed by atoms with Gasteiger partial charge in [0, 0.05) is 31.2 Å². The zero-order valence-electron chi connectivity index (χ0n) is 13.0. The van der Waals surface area contributed by atoms with Crippen molar-refractivity contribution in [2.45, 2.75) is 0 Å². The highest BCUT2D eigenvalue weighted by atomic mass is 35.5. The van der Waals surface area contributed by atoms with Crippen LogP contribution in [0.3, 0.4) is 0 Å². The summed E-state index contributed by atoms with van der Waals surface area (Å²) in [6.45, 7) is 6.96. The van der Waals surface area contributed by atoms with Crippen molar-refractivity contribution in [1.82, 2.24) is 4.90 Å². The third-order valence-electron chi connectivity index (χ3n) is 3.56. The van der Waals surface area contributed by atoms with Gasteiger partial charge in [-0.25, -0.2) is 4.79 Å². The number of ether oxygens (including phenoxy) is 1. The lowest BCUT2D eigenvalue weighted by atomic mass is 10.2. The maximum atomic E-state index is 12.4. The van der Waals surface area contributed by atoms with Crippen LogP contribution in [0.15, 0.2) is 30.9 Å². The number of anilines is 2. The Hall–Kier alpha value is -1.76. The third kappa shape index (κ3) is 4.86. The Bertz CT molecular complexity index is 547. The molecule has 0 bridgehead atoms. The first-order chi connectivity index (χ1) is 11.2. The lowest BCUT2D eigenvalue weighted by Gasteiger charge is -2.31. The molecule has 0 aliphatic carbocycles. The van der Waals surface area contributed by atoms with Gasteiger partial charge in [-0.2, -0.15) is 0 Å². The first kappa shape index (κ1) is 17.6. The SMILES string of the molecule is C=CCN(CCO)C(=O)Nc1cc(Cl)ccc1N1CCOCC1. The largest absolute Gasteiger partial charge is 0.395 e. The van der Waals surface area contributed by atoms with Gasteiger partial charge in [0.1, 0.15) is 0 Å². The zero-order valence-corrected chi connectivity index (χ0v) is 13.8. The highest BCUT2D eigenvalue weighted by molar-refractivity contribution is 6.31. The van der Waals surface area contributed by atoms with Crippen LogP contribution in [0.1, 0.15) is 0 Å². The van der Waals surface area contributed by atoms with Crippen LogP contribution in [0, 0.1) is 0 Å². The predicted octanol–water partition coefficient (Wildman–Crippen LogP) is 2.19. The molecule has 23 heavy (non-hydrogen) atoms. The van der Waals surface area contributed by atoms with Gasteiger partial charge in [0.05, 0.1) is 31.2 Å². The molecule has 2 rings (SSSR count). The molecular weight excluding hydrogens is 318 g/mol. The Balaban J connectivity index is 2.18. The number of hydrogen-bond acceptors (Lipinski definition) is 4. The second-order valence-electron chi connectivity index (χ2n) is 5.15. The van der Waals surface area contributed by atoms with Crippen LogP contribution in [0.2, 0.25) is 5.02 Å². The molecule has 1 aliphatic heterocycles. The molecule has 0 saturated carbocycles. The average molecular weight is 340 g/mol. The number of aliphatic hydroxyl groups is 1. The van der Waals surface area contributed by atoms with E-state index in [4.69, 9.17) is 21.4 Å². The minimum Gasteiger partial charge on any atom is -0.395 e.